The highest BCUT2D eigenvalue weighted by atomic mass is 16.5. The van der Waals surface area contributed by atoms with Gasteiger partial charge in [0.15, 0.2) is 0 Å². The molecule has 0 aromatic heterocycles. The zero-order valence-electron chi connectivity index (χ0n) is 23.9. The summed E-state index contributed by atoms with van der Waals surface area (Å²) in [7, 11) is 0. The topological polar surface area (TPSA) is 38.7 Å². The van der Waals surface area contributed by atoms with Crippen LogP contribution in [0.15, 0.2) is 0 Å². The summed E-state index contributed by atoms with van der Waals surface area (Å²) >= 11 is 0. The molecule has 0 bridgehead atoms. The van der Waals surface area contributed by atoms with Crippen LogP contribution >= 0.6 is 0 Å². The molecule has 2 rings (SSSR count). The Hall–Kier alpha value is -0.120. The minimum Gasteiger partial charge on any atom is -0.396 e. The van der Waals surface area contributed by atoms with E-state index >= 15 is 0 Å². The van der Waals surface area contributed by atoms with Gasteiger partial charge in [-0.15, -0.1) is 0 Å². The Morgan fingerprint density at radius 1 is 0.788 bits per heavy atom. The third kappa shape index (κ3) is 6.36. The van der Waals surface area contributed by atoms with Crippen LogP contribution in [0, 0.1) is 59.2 Å². The van der Waals surface area contributed by atoms with Gasteiger partial charge in [0.25, 0.3) is 0 Å². The van der Waals surface area contributed by atoms with E-state index in [4.69, 9.17) is 9.47 Å². The van der Waals surface area contributed by atoms with Crippen LogP contribution in [0.4, 0.5) is 0 Å². The summed E-state index contributed by atoms with van der Waals surface area (Å²) in [6, 6.07) is 0. The highest BCUT2D eigenvalue weighted by molar-refractivity contribution is 4.97. The second-order valence-electron chi connectivity index (χ2n) is 12.5. The smallest absolute Gasteiger partial charge is 0.0636 e. The van der Waals surface area contributed by atoms with Crippen molar-refractivity contribution in [1.82, 2.24) is 0 Å². The summed E-state index contributed by atoms with van der Waals surface area (Å²) < 4.78 is 13.4. The first-order valence-corrected chi connectivity index (χ1v) is 14.4. The van der Waals surface area contributed by atoms with Gasteiger partial charge in [-0.1, -0.05) is 82.1 Å². The molecule has 2 fully saturated rings. The molecule has 3 heteroatoms. The van der Waals surface area contributed by atoms with Crippen molar-refractivity contribution in [3.63, 3.8) is 0 Å². The summed E-state index contributed by atoms with van der Waals surface area (Å²) in [6.07, 6.45) is 6.18. The Bertz CT molecular complexity index is 565. The monoisotopic (exact) mass is 466 g/mol. The van der Waals surface area contributed by atoms with Crippen molar-refractivity contribution in [2.45, 2.75) is 126 Å². The predicted octanol–water partition coefficient (Wildman–Crippen LogP) is 7.45. The Morgan fingerprint density at radius 3 is 1.97 bits per heavy atom. The average Bonchev–Trinajstić information content (AvgIpc) is 3.14. The highest BCUT2D eigenvalue weighted by Crippen LogP contribution is 2.49. The lowest BCUT2D eigenvalue weighted by Crippen LogP contribution is -2.49. The van der Waals surface area contributed by atoms with E-state index in [-0.39, 0.29) is 0 Å². The van der Waals surface area contributed by atoms with Gasteiger partial charge in [0, 0.05) is 6.61 Å². The van der Waals surface area contributed by atoms with Crippen molar-refractivity contribution in [3.05, 3.63) is 0 Å². The maximum atomic E-state index is 9.61. The fraction of sp³-hybridized carbons (Fsp3) is 1.00. The number of ether oxygens (including phenoxy) is 2. The molecule has 3 nitrogen and oxygen atoms in total. The van der Waals surface area contributed by atoms with Crippen molar-refractivity contribution >= 4 is 0 Å². The third-order valence-corrected chi connectivity index (χ3v) is 10.6. The maximum absolute atomic E-state index is 9.61. The zero-order valence-corrected chi connectivity index (χ0v) is 23.9. The van der Waals surface area contributed by atoms with Gasteiger partial charge >= 0.3 is 0 Å². The lowest BCUT2D eigenvalue weighted by Gasteiger charge is -2.48. The summed E-state index contributed by atoms with van der Waals surface area (Å²) in [5.41, 5.74) is 0. The quantitative estimate of drug-likeness (QED) is 0.343. The van der Waals surface area contributed by atoms with Crippen molar-refractivity contribution in [1.29, 1.82) is 0 Å². The molecule has 0 radical (unpaired) electrons. The van der Waals surface area contributed by atoms with Crippen LogP contribution in [0.3, 0.4) is 0 Å². The van der Waals surface area contributed by atoms with Gasteiger partial charge in [0.2, 0.25) is 0 Å². The number of hydrogen-bond donors (Lipinski definition) is 1. The van der Waals surface area contributed by atoms with Gasteiger partial charge in [0.1, 0.15) is 0 Å². The molecule has 0 spiro atoms. The third-order valence-electron chi connectivity index (χ3n) is 10.6. The molecule has 0 amide bonds. The van der Waals surface area contributed by atoms with Crippen LogP contribution in [0.5, 0.6) is 0 Å². The molecule has 2 heterocycles. The largest absolute Gasteiger partial charge is 0.396 e. The normalized spacial score (nSPS) is 42.0. The van der Waals surface area contributed by atoms with Crippen LogP contribution in [-0.4, -0.2) is 36.1 Å². The molecule has 33 heavy (non-hydrogen) atoms. The van der Waals surface area contributed by atoms with E-state index in [2.05, 4.69) is 76.2 Å². The molecule has 0 aromatic carbocycles. The molecule has 2 saturated heterocycles. The van der Waals surface area contributed by atoms with E-state index in [1.54, 1.807) is 0 Å². The number of hydrogen-bond acceptors (Lipinski definition) is 3. The molecule has 0 aliphatic carbocycles. The standard InChI is InChI=1S/C30H58O3/c1-12-17(3)29-26(15-14-18(4)20(6)19(5)16-31)22(8)30(33-29)24(10)28-21(7)25(11)32-27(13-2)23(28)9/h17-31H,12-16H2,1-11H3. The van der Waals surface area contributed by atoms with Crippen LogP contribution in [0.2, 0.25) is 0 Å². The molecular weight excluding hydrogens is 408 g/mol. The molecular formula is C30H58O3. The fourth-order valence-electron chi connectivity index (χ4n) is 7.42. The minimum absolute atomic E-state index is 0.294. The molecule has 1 N–H and O–H groups in total. The van der Waals surface area contributed by atoms with Crippen molar-refractivity contribution in [3.8, 4) is 0 Å². The van der Waals surface area contributed by atoms with Gasteiger partial charge < -0.3 is 14.6 Å². The van der Waals surface area contributed by atoms with Crippen molar-refractivity contribution in [2.75, 3.05) is 6.61 Å². The fourth-order valence-corrected chi connectivity index (χ4v) is 7.42. The second kappa shape index (κ2) is 12.7. The summed E-state index contributed by atoms with van der Waals surface area (Å²) in [5, 5.41) is 9.61. The van der Waals surface area contributed by atoms with E-state index in [9.17, 15) is 5.11 Å². The van der Waals surface area contributed by atoms with Gasteiger partial charge in [-0.3, -0.25) is 0 Å². The van der Waals surface area contributed by atoms with Gasteiger partial charge in [0.05, 0.1) is 24.4 Å². The first-order valence-electron chi connectivity index (χ1n) is 14.4. The average molecular weight is 467 g/mol. The number of rotatable bonds is 11. The Balaban J connectivity index is 2.18. The molecule has 2 aliphatic heterocycles. The Kier molecular flexibility index (Phi) is 11.2. The lowest BCUT2D eigenvalue weighted by molar-refractivity contribution is -0.157. The Morgan fingerprint density at radius 2 is 1.42 bits per heavy atom. The summed E-state index contributed by atoms with van der Waals surface area (Å²) in [5.74, 6) is 5.73. The van der Waals surface area contributed by atoms with Crippen LogP contribution in [0.1, 0.15) is 102 Å². The first kappa shape index (κ1) is 29.1. The predicted molar refractivity (Wildman–Crippen MR) is 140 cm³/mol. The summed E-state index contributed by atoms with van der Waals surface area (Å²) in [4.78, 5) is 0. The molecule has 14 unspecified atom stereocenters. The van der Waals surface area contributed by atoms with Crippen LogP contribution < -0.4 is 0 Å². The zero-order chi connectivity index (χ0) is 25.0. The number of aliphatic hydroxyl groups is 1. The SMILES string of the molecule is CCC(C)C1OC(C(C)C2C(C)C(C)OC(CC)C2C)C(C)C1CCC(C)C(C)C(C)CO. The van der Waals surface area contributed by atoms with Gasteiger partial charge in [-0.05, 0) is 78.9 Å². The van der Waals surface area contributed by atoms with Crippen molar-refractivity contribution in [2.24, 2.45) is 59.2 Å². The molecule has 196 valence electrons. The molecule has 14 atom stereocenters. The molecule has 2 aliphatic rings. The minimum atomic E-state index is 0.294. The van der Waals surface area contributed by atoms with E-state index in [1.807, 2.05) is 0 Å². The lowest BCUT2D eigenvalue weighted by atomic mass is 9.65. The number of aliphatic hydroxyl groups excluding tert-OH is 1. The van der Waals surface area contributed by atoms with Gasteiger partial charge in [-0.25, -0.2) is 0 Å². The second-order valence-corrected chi connectivity index (χ2v) is 12.5. The first-order chi connectivity index (χ1) is 15.5. The van der Waals surface area contributed by atoms with E-state index in [1.165, 1.54) is 19.3 Å². The van der Waals surface area contributed by atoms with E-state index in [0.29, 0.717) is 90.2 Å². The summed E-state index contributed by atoms with van der Waals surface area (Å²) in [6.45, 7) is 26.2. The molecule has 0 aromatic rings. The maximum Gasteiger partial charge on any atom is 0.0636 e. The molecule has 0 saturated carbocycles. The van der Waals surface area contributed by atoms with Crippen LogP contribution in [0.25, 0.3) is 0 Å². The van der Waals surface area contributed by atoms with E-state index < -0.39 is 0 Å². The van der Waals surface area contributed by atoms with Crippen LogP contribution in [-0.2, 0) is 9.47 Å². The van der Waals surface area contributed by atoms with Crippen molar-refractivity contribution < 1.29 is 14.6 Å². The Labute approximate surface area is 206 Å². The van der Waals surface area contributed by atoms with E-state index in [0.717, 1.165) is 6.42 Å². The highest BCUT2D eigenvalue weighted by Gasteiger charge is 2.50. The van der Waals surface area contributed by atoms with Gasteiger partial charge in [-0.2, -0.15) is 0 Å².